The third-order valence-electron chi connectivity index (χ3n) is 2.85. The Balaban J connectivity index is 1.79. The number of aryl methyl sites for hydroxylation is 1. The Morgan fingerprint density at radius 2 is 1.95 bits per heavy atom. The Bertz CT molecular complexity index is 824. The van der Waals surface area contributed by atoms with E-state index >= 15 is 0 Å². The maximum Gasteiger partial charge on any atom is 0.275 e. The summed E-state index contributed by atoms with van der Waals surface area (Å²) in [5, 5.41) is 4.90. The molecule has 0 spiro atoms. The first kappa shape index (κ1) is 13.6. The highest BCUT2D eigenvalue weighted by Crippen LogP contribution is 2.18. The summed E-state index contributed by atoms with van der Waals surface area (Å²) in [6, 6.07) is 8.68. The number of hydrogen-bond acceptors (Lipinski definition) is 6. The Morgan fingerprint density at radius 1 is 1.24 bits per heavy atom. The van der Waals surface area contributed by atoms with Gasteiger partial charge in [0.2, 0.25) is 4.96 Å². The number of fused-ring (bicyclic) bond motifs is 1. The highest BCUT2D eigenvalue weighted by Gasteiger charge is 2.07. The van der Waals surface area contributed by atoms with Crippen molar-refractivity contribution in [3.8, 4) is 11.5 Å². The fourth-order valence-corrected chi connectivity index (χ4v) is 2.62. The van der Waals surface area contributed by atoms with E-state index in [1.165, 1.54) is 21.9 Å². The van der Waals surface area contributed by atoms with Crippen molar-refractivity contribution in [2.24, 2.45) is 0 Å². The quantitative estimate of drug-likeness (QED) is 0.738. The van der Waals surface area contributed by atoms with Gasteiger partial charge >= 0.3 is 0 Å². The summed E-state index contributed by atoms with van der Waals surface area (Å²) in [6.45, 7) is 2.07. The van der Waals surface area contributed by atoms with Gasteiger partial charge in [-0.05, 0) is 31.2 Å². The van der Waals surface area contributed by atoms with Gasteiger partial charge in [0.15, 0.2) is 0 Å². The lowest BCUT2D eigenvalue weighted by molar-refractivity contribution is 0.300. The van der Waals surface area contributed by atoms with Crippen LogP contribution in [0.25, 0.3) is 4.96 Å². The fraction of sp³-hybridized carbons (Fsp3) is 0.214. The van der Waals surface area contributed by atoms with E-state index in [0.29, 0.717) is 16.4 Å². The van der Waals surface area contributed by atoms with Crippen molar-refractivity contribution < 1.29 is 9.47 Å². The highest BCUT2D eigenvalue weighted by molar-refractivity contribution is 7.16. The van der Waals surface area contributed by atoms with Gasteiger partial charge in [0.25, 0.3) is 5.56 Å². The van der Waals surface area contributed by atoms with Crippen molar-refractivity contribution in [3.05, 3.63) is 51.4 Å². The van der Waals surface area contributed by atoms with Gasteiger partial charge in [-0.2, -0.15) is 9.61 Å². The minimum absolute atomic E-state index is 0.197. The summed E-state index contributed by atoms with van der Waals surface area (Å²) in [4.78, 5) is 16.9. The molecule has 0 saturated carbocycles. The molecule has 108 valence electrons. The van der Waals surface area contributed by atoms with Gasteiger partial charge in [0.1, 0.15) is 23.1 Å². The molecule has 7 heteroatoms. The summed E-state index contributed by atoms with van der Waals surface area (Å²) in [7, 11) is 1.61. The first-order valence-corrected chi connectivity index (χ1v) is 7.10. The van der Waals surface area contributed by atoms with Crippen molar-refractivity contribution in [2.75, 3.05) is 7.11 Å². The molecule has 21 heavy (non-hydrogen) atoms. The lowest BCUT2D eigenvalue weighted by Gasteiger charge is -2.06. The van der Waals surface area contributed by atoms with E-state index in [0.717, 1.165) is 10.8 Å². The van der Waals surface area contributed by atoms with Crippen LogP contribution in [0.2, 0.25) is 0 Å². The molecule has 0 aliphatic heterocycles. The van der Waals surface area contributed by atoms with E-state index in [1.807, 2.05) is 19.1 Å². The second kappa shape index (κ2) is 5.53. The summed E-state index contributed by atoms with van der Waals surface area (Å²) in [5.74, 6) is 1.46. The first-order valence-electron chi connectivity index (χ1n) is 6.29. The largest absolute Gasteiger partial charge is 0.497 e. The molecule has 0 saturated heterocycles. The molecule has 2 heterocycles. The zero-order chi connectivity index (χ0) is 14.8. The second-order valence-corrected chi connectivity index (χ2v) is 5.53. The topological polar surface area (TPSA) is 65.7 Å². The van der Waals surface area contributed by atoms with E-state index in [1.54, 1.807) is 19.2 Å². The van der Waals surface area contributed by atoms with Gasteiger partial charge in [0, 0.05) is 6.07 Å². The zero-order valence-electron chi connectivity index (χ0n) is 11.6. The van der Waals surface area contributed by atoms with Gasteiger partial charge < -0.3 is 9.47 Å². The lowest BCUT2D eigenvalue weighted by Crippen LogP contribution is -2.16. The normalized spacial score (nSPS) is 10.8. The molecule has 0 bridgehead atoms. The van der Waals surface area contributed by atoms with Gasteiger partial charge in [0.05, 0.1) is 12.8 Å². The molecule has 0 N–H and O–H groups in total. The van der Waals surface area contributed by atoms with Crippen LogP contribution in [0.15, 0.2) is 35.1 Å². The van der Waals surface area contributed by atoms with Crippen LogP contribution < -0.4 is 15.0 Å². The summed E-state index contributed by atoms with van der Waals surface area (Å²) < 4.78 is 12.0. The Labute approximate surface area is 124 Å². The van der Waals surface area contributed by atoms with E-state index in [2.05, 4.69) is 10.1 Å². The molecular formula is C14H13N3O3S. The summed E-state index contributed by atoms with van der Waals surface area (Å²) >= 11 is 1.38. The molecule has 0 atom stereocenters. The zero-order valence-corrected chi connectivity index (χ0v) is 12.4. The van der Waals surface area contributed by atoms with Gasteiger partial charge in [-0.1, -0.05) is 11.3 Å². The van der Waals surface area contributed by atoms with E-state index < -0.39 is 0 Å². The Morgan fingerprint density at radius 3 is 2.67 bits per heavy atom. The molecule has 2 aromatic heterocycles. The fourth-order valence-electron chi connectivity index (χ4n) is 1.86. The smallest absolute Gasteiger partial charge is 0.275 e. The third-order valence-corrected chi connectivity index (χ3v) is 3.67. The van der Waals surface area contributed by atoms with Gasteiger partial charge in [-0.15, -0.1) is 0 Å². The molecule has 0 unspecified atom stereocenters. The van der Waals surface area contributed by atoms with Crippen LogP contribution in [-0.2, 0) is 6.61 Å². The number of ether oxygens (including phenoxy) is 2. The number of nitrogens with zero attached hydrogens (tertiary/aromatic N) is 3. The molecule has 0 aliphatic carbocycles. The highest BCUT2D eigenvalue weighted by atomic mass is 32.1. The van der Waals surface area contributed by atoms with E-state index in [4.69, 9.17) is 9.47 Å². The molecule has 3 aromatic rings. The molecule has 3 rings (SSSR count). The van der Waals surface area contributed by atoms with Gasteiger partial charge in [-0.3, -0.25) is 4.79 Å². The van der Waals surface area contributed by atoms with E-state index in [-0.39, 0.29) is 12.2 Å². The van der Waals surface area contributed by atoms with Crippen molar-refractivity contribution in [1.29, 1.82) is 0 Å². The van der Waals surface area contributed by atoms with Crippen molar-refractivity contribution in [1.82, 2.24) is 14.6 Å². The second-order valence-electron chi connectivity index (χ2n) is 4.37. The average Bonchev–Trinajstić information content (AvgIpc) is 2.87. The maximum atomic E-state index is 11.9. The van der Waals surface area contributed by atoms with Crippen LogP contribution in [0.4, 0.5) is 0 Å². The van der Waals surface area contributed by atoms with Crippen LogP contribution in [0.1, 0.15) is 10.7 Å². The predicted molar refractivity (Wildman–Crippen MR) is 79.2 cm³/mol. The SMILES string of the molecule is COc1ccc(OCc2cc(=O)n3nc(C)sc3n2)cc1. The summed E-state index contributed by atoms with van der Waals surface area (Å²) in [5.41, 5.74) is 0.386. The molecule has 0 radical (unpaired) electrons. The van der Waals surface area contributed by atoms with Crippen LogP contribution in [0, 0.1) is 6.92 Å². The summed E-state index contributed by atoms with van der Waals surface area (Å²) in [6.07, 6.45) is 0. The van der Waals surface area contributed by atoms with Crippen LogP contribution >= 0.6 is 11.3 Å². The van der Waals surface area contributed by atoms with Crippen molar-refractivity contribution >= 4 is 16.3 Å². The standard InChI is InChI=1S/C14H13N3O3S/c1-9-16-17-13(18)7-10(15-14(17)21-9)8-20-12-5-3-11(19-2)4-6-12/h3-7H,8H2,1-2H3. The monoisotopic (exact) mass is 303 g/mol. The molecular weight excluding hydrogens is 290 g/mol. The minimum Gasteiger partial charge on any atom is -0.497 e. The van der Waals surface area contributed by atoms with E-state index in [9.17, 15) is 4.79 Å². The molecule has 1 aromatic carbocycles. The number of benzene rings is 1. The molecule has 0 aliphatic rings. The maximum absolute atomic E-state index is 11.9. The van der Waals surface area contributed by atoms with Crippen molar-refractivity contribution in [3.63, 3.8) is 0 Å². The van der Waals surface area contributed by atoms with Crippen LogP contribution in [-0.4, -0.2) is 21.7 Å². The van der Waals surface area contributed by atoms with Crippen molar-refractivity contribution in [2.45, 2.75) is 13.5 Å². The Kier molecular flexibility index (Phi) is 3.57. The first-order chi connectivity index (χ1) is 10.2. The lowest BCUT2D eigenvalue weighted by atomic mass is 10.3. The van der Waals surface area contributed by atoms with Crippen LogP contribution in [0.5, 0.6) is 11.5 Å². The average molecular weight is 303 g/mol. The molecule has 0 amide bonds. The predicted octanol–water partition coefficient (Wildman–Crippen LogP) is 2.05. The Hall–Kier alpha value is -2.41. The molecule has 0 fully saturated rings. The minimum atomic E-state index is -0.197. The van der Waals surface area contributed by atoms with Gasteiger partial charge in [-0.25, -0.2) is 4.98 Å². The number of rotatable bonds is 4. The molecule has 6 nitrogen and oxygen atoms in total. The number of hydrogen-bond donors (Lipinski definition) is 0. The number of aromatic nitrogens is 3. The number of methoxy groups -OCH3 is 1. The third kappa shape index (κ3) is 2.87. The van der Waals surface area contributed by atoms with Crippen LogP contribution in [0.3, 0.4) is 0 Å².